The molecule has 0 spiro atoms. The van der Waals surface area contributed by atoms with Crippen LogP contribution in [0.5, 0.6) is 0 Å². The maximum Gasteiger partial charge on any atom is 0.417 e. The maximum atomic E-state index is 11.5. The second kappa shape index (κ2) is 7.63. The first kappa shape index (κ1) is 17.8. The minimum absolute atomic E-state index is 0.398. The molecule has 1 aliphatic rings. The number of H-pyrrole nitrogens is 2. The molecule has 8 nitrogen and oxygen atoms in total. The Balaban J connectivity index is 1.11. The number of piperazine rings is 1. The molecule has 5 rings (SSSR count). The highest BCUT2D eigenvalue weighted by molar-refractivity contribution is 5.86. The van der Waals surface area contributed by atoms with Gasteiger partial charge in [-0.25, -0.2) is 4.79 Å². The van der Waals surface area contributed by atoms with Crippen molar-refractivity contribution in [3.63, 3.8) is 0 Å². The van der Waals surface area contributed by atoms with Crippen molar-refractivity contribution >= 4 is 33.4 Å². The molecule has 0 unspecified atom stereocenters. The lowest BCUT2D eigenvalue weighted by Gasteiger charge is -2.36. The van der Waals surface area contributed by atoms with Crippen LogP contribution in [0.15, 0.2) is 51.8 Å². The molecule has 2 aromatic heterocycles. The molecule has 1 saturated heterocycles. The van der Waals surface area contributed by atoms with Crippen LogP contribution < -0.4 is 16.0 Å². The molecule has 150 valence electrons. The van der Waals surface area contributed by atoms with Crippen LogP contribution in [0.2, 0.25) is 0 Å². The van der Waals surface area contributed by atoms with E-state index in [1.165, 1.54) is 0 Å². The zero-order valence-corrected chi connectivity index (χ0v) is 16.1. The fraction of sp³-hybridized carbons (Fsp3) is 0.333. The molecule has 1 fully saturated rings. The summed E-state index contributed by atoms with van der Waals surface area (Å²) in [5.74, 6) is -0.398. The van der Waals surface area contributed by atoms with Crippen molar-refractivity contribution in [3.8, 4) is 0 Å². The topological polar surface area (TPSA) is 93.2 Å². The molecule has 0 saturated carbocycles. The Kier molecular flexibility index (Phi) is 4.69. The van der Waals surface area contributed by atoms with Gasteiger partial charge in [0.15, 0.2) is 5.58 Å². The van der Waals surface area contributed by atoms with E-state index in [9.17, 15) is 4.79 Å². The Morgan fingerprint density at radius 3 is 2.90 bits per heavy atom. The Labute approximate surface area is 167 Å². The van der Waals surface area contributed by atoms with Gasteiger partial charge in [-0.15, -0.1) is 0 Å². The van der Waals surface area contributed by atoms with Crippen LogP contribution in [0.25, 0.3) is 22.0 Å². The van der Waals surface area contributed by atoms with Crippen LogP contribution in [0.4, 0.5) is 11.4 Å². The molecule has 8 heteroatoms. The molecule has 0 atom stereocenters. The first-order chi connectivity index (χ1) is 14.3. The van der Waals surface area contributed by atoms with E-state index in [0.717, 1.165) is 73.5 Å². The highest BCUT2D eigenvalue weighted by Crippen LogP contribution is 2.25. The van der Waals surface area contributed by atoms with Crippen LogP contribution in [0.3, 0.4) is 0 Å². The summed E-state index contributed by atoms with van der Waals surface area (Å²) in [6.45, 7) is 5.87. The normalized spacial score (nSPS) is 15.4. The number of nitrogens with zero attached hydrogens (tertiary/aromatic N) is 3. The van der Waals surface area contributed by atoms with Crippen LogP contribution in [0.1, 0.15) is 6.42 Å². The predicted molar refractivity (Wildman–Crippen MR) is 115 cm³/mol. The first-order valence-corrected chi connectivity index (χ1v) is 10.0. The summed E-state index contributed by atoms with van der Waals surface area (Å²) >= 11 is 0. The largest absolute Gasteiger partial charge is 0.417 e. The number of aromatic amines is 2. The number of rotatable bonds is 6. The van der Waals surface area contributed by atoms with Crippen molar-refractivity contribution in [1.82, 2.24) is 20.1 Å². The lowest BCUT2D eigenvalue weighted by molar-refractivity contribution is 0.257. The number of anilines is 2. The van der Waals surface area contributed by atoms with E-state index in [1.807, 2.05) is 24.4 Å². The van der Waals surface area contributed by atoms with E-state index in [0.29, 0.717) is 5.58 Å². The van der Waals surface area contributed by atoms with Gasteiger partial charge < -0.3 is 14.6 Å². The van der Waals surface area contributed by atoms with Gasteiger partial charge in [-0.2, -0.15) is 5.10 Å². The number of oxazole rings is 1. The van der Waals surface area contributed by atoms with Crippen LogP contribution in [0, 0.1) is 0 Å². The predicted octanol–water partition coefficient (Wildman–Crippen LogP) is 2.62. The molecule has 2 aromatic carbocycles. The molecule has 3 heterocycles. The number of benzene rings is 2. The van der Waals surface area contributed by atoms with E-state index in [-0.39, 0.29) is 0 Å². The molecule has 1 aliphatic heterocycles. The highest BCUT2D eigenvalue weighted by Gasteiger charge is 2.20. The van der Waals surface area contributed by atoms with E-state index in [4.69, 9.17) is 4.42 Å². The minimum Gasteiger partial charge on any atom is -0.406 e. The third kappa shape index (κ3) is 3.71. The van der Waals surface area contributed by atoms with E-state index in [2.05, 4.69) is 48.5 Å². The van der Waals surface area contributed by atoms with Crippen molar-refractivity contribution in [2.24, 2.45) is 0 Å². The number of fused-ring (bicyclic) bond motifs is 2. The van der Waals surface area contributed by atoms with Gasteiger partial charge in [-0.1, -0.05) is 6.07 Å². The summed E-state index contributed by atoms with van der Waals surface area (Å²) in [4.78, 5) is 19.0. The van der Waals surface area contributed by atoms with Gasteiger partial charge in [0.25, 0.3) is 0 Å². The zero-order chi connectivity index (χ0) is 19.6. The Bertz CT molecular complexity index is 1170. The fourth-order valence-corrected chi connectivity index (χ4v) is 4.00. The highest BCUT2D eigenvalue weighted by atomic mass is 16.4. The second-order valence-corrected chi connectivity index (χ2v) is 7.45. The molecule has 0 amide bonds. The van der Waals surface area contributed by atoms with Crippen LogP contribution in [-0.4, -0.2) is 59.3 Å². The van der Waals surface area contributed by atoms with Crippen molar-refractivity contribution in [1.29, 1.82) is 0 Å². The zero-order valence-electron chi connectivity index (χ0n) is 16.1. The number of aromatic nitrogens is 3. The lowest BCUT2D eigenvalue weighted by atomic mass is 10.2. The first-order valence-electron chi connectivity index (χ1n) is 10.0. The molecular weight excluding hydrogens is 368 g/mol. The number of para-hydroxylation sites is 1. The molecule has 3 N–H and O–H groups in total. The number of nitrogens with one attached hydrogen (secondary N) is 3. The standard InChI is InChI=1S/C21H24N6O2/c28-21-24-17-3-1-4-19(20(17)29-21)27-11-9-26(10-12-27)8-2-7-22-16-6-5-15-14-23-25-18(15)13-16/h1,3-6,13-14,22H,2,7-12H2,(H,23,25)(H,24,28). The lowest BCUT2D eigenvalue weighted by Crippen LogP contribution is -2.46. The number of hydrogen-bond acceptors (Lipinski definition) is 6. The van der Waals surface area contributed by atoms with Crippen LogP contribution in [-0.2, 0) is 0 Å². The minimum atomic E-state index is -0.398. The molecular formula is C21H24N6O2. The Morgan fingerprint density at radius 1 is 1.10 bits per heavy atom. The maximum absolute atomic E-state index is 11.5. The summed E-state index contributed by atoms with van der Waals surface area (Å²) in [5, 5.41) is 11.7. The Hall–Kier alpha value is -3.26. The molecule has 4 aromatic rings. The van der Waals surface area contributed by atoms with Crippen molar-refractivity contribution in [2.45, 2.75) is 6.42 Å². The third-order valence-electron chi connectivity index (χ3n) is 5.56. The van der Waals surface area contributed by atoms with Gasteiger partial charge in [0.1, 0.15) is 0 Å². The second-order valence-electron chi connectivity index (χ2n) is 7.45. The van der Waals surface area contributed by atoms with E-state index in [1.54, 1.807) is 0 Å². The van der Waals surface area contributed by atoms with E-state index < -0.39 is 5.76 Å². The van der Waals surface area contributed by atoms with Crippen molar-refractivity contribution in [3.05, 3.63) is 53.1 Å². The SMILES string of the molecule is O=c1[nH]c2cccc(N3CCN(CCCNc4ccc5cn[nH]c5c4)CC3)c2o1. The third-order valence-corrected chi connectivity index (χ3v) is 5.56. The summed E-state index contributed by atoms with van der Waals surface area (Å²) in [6.07, 6.45) is 2.92. The van der Waals surface area contributed by atoms with Gasteiger partial charge in [0.2, 0.25) is 0 Å². The van der Waals surface area contributed by atoms with Crippen LogP contribution >= 0.6 is 0 Å². The Morgan fingerprint density at radius 2 is 2.00 bits per heavy atom. The molecule has 0 bridgehead atoms. The molecule has 29 heavy (non-hydrogen) atoms. The fourth-order valence-electron chi connectivity index (χ4n) is 4.00. The van der Waals surface area contributed by atoms with Gasteiger partial charge in [0.05, 0.1) is 22.9 Å². The summed E-state index contributed by atoms with van der Waals surface area (Å²) in [6, 6.07) is 12.1. The summed E-state index contributed by atoms with van der Waals surface area (Å²) in [5.41, 5.74) is 4.59. The molecule has 0 radical (unpaired) electrons. The summed E-state index contributed by atoms with van der Waals surface area (Å²) in [7, 11) is 0. The van der Waals surface area contributed by atoms with Gasteiger partial charge >= 0.3 is 5.76 Å². The summed E-state index contributed by atoms with van der Waals surface area (Å²) < 4.78 is 5.34. The quantitative estimate of drug-likeness (QED) is 0.437. The monoisotopic (exact) mass is 392 g/mol. The van der Waals surface area contributed by atoms with Crippen molar-refractivity contribution in [2.75, 3.05) is 49.5 Å². The van der Waals surface area contributed by atoms with E-state index >= 15 is 0 Å². The van der Waals surface area contributed by atoms with Gasteiger partial charge in [-0.3, -0.25) is 15.0 Å². The van der Waals surface area contributed by atoms with Gasteiger partial charge in [0, 0.05) is 43.8 Å². The average Bonchev–Trinajstić information content (AvgIpc) is 3.36. The smallest absolute Gasteiger partial charge is 0.406 e. The van der Waals surface area contributed by atoms with Gasteiger partial charge in [-0.05, 0) is 43.3 Å². The van der Waals surface area contributed by atoms with Crippen molar-refractivity contribution < 1.29 is 4.42 Å². The number of hydrogen-bond donors (Lipinski definition) is 3. The average molecular weight is 392 g/mol. The molecule has 0 aliphatic carbocycles.